The van der Waals surface area contributed by atoms with E-state index in [1.807, 2.05) is 0 Å². The van der Waals surface area contributed by atoms with Crippen LogP contribution >= 0.6 is 0 Å². The van der Waals surface area contributed by atoms with E-state index in [2.05, 4.69) is 147 Å². The molecule has 4 aromatic carbocycles. The zero-order chi connectivity index (χ0) is 38.0. The van der Waals surface area contributed by atoms with E-state index < -0.39 is 73.3 Å². The van der Waals surface area contributed by atoms with Gasteiger partial charge in [-0.1, -0.05) is 36.4 Å². The molecule has 8 rings (SSSR count). The van der Waals surface area contributed by atoms with Gasteiger partial charge in [0.2, 0.25) is 0 Å². The fraction of sp³-hybridized carbons (Fsp3) is 0.600. The molecule has 0 unspecified atom stereocenters. The number of benzene rings is 4. The summed E-state index contributed by atoms with van der Waals surface area (Å²) in [4.78, 5) is 0. The van der Waals surface area contributed by atoms with Crippen LogP contribution in [0.15, 0.2) is 36.4 Å². The minimum Gasteiger partial charge on any atom is -0.399 e. The van der Waals surface area contributed by atoms with Gasteiger partial charge in [0.1, 0.15) is 0 Å². The van der Waals surface area contributed by atoms with E-state index in [-0.39, 0.29) is 0 Å². The highest BCUT2D eigenvalue weighted by molar-refractivity contribution is 6.70. The molecule has 0 atom stereocenters. The average Bonchev–Trinajstić information content (AvgIpc) is 3.55. The monoisotopic (exact) mass is 706 g/mol. The van der Waals surface area contributed by atoms with E-state index in [0.29, 0.717) is 0 Å². The van der Waals surface area contributed by atoms with Gasteiger partial charge in [-0.25, -0.2) is 0 Å². The summed E-state index contributed by atoms with van der Waals surface area (Å²) in [6.07, 6.45) is 0. The second-order valence-electron chi connectivity index (χ2n) is 19.6. The fourth-order valence-electron chi connectivity index (χ4n) is 7.67. The van der Waals surface area contributed by atoms with Crippen LogP contribution in [0, 0.1) is 0 Å². The zero-order valence-corrected chi connectivity index (χ0v) is 34.0. The topological polar surface area (TPSA) is 73.8 Å². The molecule has 0 aliphatic carbocycles. The molecule has 4 aliphatic heterocycles. The average molecular weight is 706 g/mol. The van der Waals surface area contributed by atoms with Gasteiger partial charge in [-0.2, -0.15) is 0 Å². The van der Waals surface area contributed by atoms with E-state index in [4.69, 9.17) is 37.2 Å². The molecule has 4 aliphatic rings. The molecule has 0 saturated carbocycles. The third-order valence-electron chi connectivity index (χ3n) is 13.9. The highest BCUT2D eigenvalue weighted by atomic mass is 16.7. The van der Waals surface area contributed by atoms with Crippen molar-refractivity contribution in [2.75, 3.05) is 0 Å². The van der Waals surface area contributed by atoms with Crippen LogP contribution in [0.1, 0.15) is 111 Å². The van der Waals surface area contributed by atoms with Gasteiger partial charge >= 0.3 is 28.5 Å². The van der Waals surface area contributed by atoms with Crippen LogP contribution in [0.25, 0.3) is 32.3 Å². The molecule has 8 nitrogen and oxygen atoms in total. The predicted octanol–water partition coefficient (Wildman–Crippen LogP) is 5.78. The van der Waals surface area contributed by atoms with Crippen molar-refractivity contribution >= 4 is 82.6 Å². The van der Waals surface area contributed by atoms with Gasteiger partial charge in [-0.3, -0.25) is 0 Å². The molecule has 0 bridgehead atoms. The van der Waals surface area contributed by atoms with Crippen molar-refractivity contribution in [3.05, 3.63) is 36.4 Å². The lowest BCUT2D eigenvalue weighted by molar-refractivity contribution is 0.00578. The molecule has 0 spiro atoms. The smallest absolute Gasteiger partial charge is 0.399 e. The van der Waals surface area contributed by atoms with Gasteiger partial charge in [0.15, 0.2) is 0 Å². The Morgan fingerprint density at radius 2 is 0.538 bits per heavy atom. The SMILES string of the molecule is CC1(C)OB(c2cc3cc(B4OC(C)(C)C(C)(C)O4)c4cc(B5OC(C)(C)C(C)(C)O5)cc5cc(B6OC(C)(C)C(C)(C)O6)c(c2)c3c54)OC1(C)C. The number of hydrogen-bond acceptors (Lipinski definition) is 8. The summed E-state index contributed by atoms with van der Waals surface area (Å²) in [5.41, 5.74) is -0.334. The highest BCUT2D eigenvalue weighted by Gasteiger charge is 2.56. The van der Waals surface area contributed by atoms with Crippen LogP contribution in [-0.2, 0) is 37.2 Å². The first-order chi connectivity index (χ1) is 23.7. The van der Waals surface area contributed by atoms with E-state index in [0.717, 1.165) is 54.2 Å². The molecular formula is C40H54B4O8. The van der Waals surface area contributed by atoms with Crippen molar-refractivity contribution in [1.29, 1.82) is 0 Å². The van der Waals surface area contributed by atoms with Gasteiger partial charge < -0.3 is 37.2 Å². The van der Waals surface area contributed by atoms with Crippen LogP contribution in [-0.4, -0.2) is 73.3 Å². The second kappa shape index (κ2) is 10.8. The van der Waals surface area contributed by atoms with E-state index in [1.165, 1.54) is 0 Å². The maximum Gasteiger partial charge on any atom is 0.495 e. The Morgan fingerprint density at radius 1 is 0.308 bits per heavy atom. The molecule has 0 aromatic heterocycles. The van der Waals surface area contributed by atoms with Gasteiger partial charge in [-0.05, 0) is 165 Å². The van der Waals surface area contributed by atoms with Crippen LogP contribution in [0.2, 0.25) is 0 Å². The molecule has 4 aromatic rings. The summed E-state index contributed by atoms with van der Waals surface area (Å²) >= 11 is 0. The third kappa shape index (κ3) is 5.22. The Morgan fingerprint density at radius 3 is 0.788 bits per heavy atom. The van der Waals surface area contributed by atoms with Gasteiger partial charge in [0, 0.05) is 0 Å². The molecule has 4 fully saturated rings. The zero-order valence-electron chi connectivity index (χ0n) is 34.0. The summed E-state index contributed by atoms with van der Waals surface area (Å²) in [5.74, 6) is 0. The summed E-state index contributed by atoms with van der Waals surface area (Å²) < 4.78 is 53.6. The van der Waals surface area contributed by atoms with Gasteiger partial charge in [0.25, 0.3) is 0 Å². The summed E-state index contributed by atoms with van der Waals surface area (Å²) in [7, 11) is -2.33. The molecule has 0 radical (unpaired) electrons. The first-order valence-electron chi connectivity index (χ1n) is 18.9. The van der Waals surface area contributed by atoms with Crippen molar-refractivity contribution in [3.8, 4) is 0 Å². The lowest BCUT2D eigenvalue weighted by atomic mass is 9.67. The molecule has 4 heterocycles. The van der Waals surface area contributed by atoms with Crippen LogP contribution in [0.3, 0.4) is 0 Å². The largest absolute Gasteiger partial charge is 0.495 e. The first-order valence-corrected chi connectivity index (χ1v) is 18.9. The predicted molar refractivity (Wildman–Crippen MR) is 213 cm³/mol. The Hall–Kier alpha value is -2.14. The highest BCUT2D eigenvalue weighted by Crippen LogP contribution is 2.43. The molecule has 12 heteroatoms. The Kier molecular flexibility index (Phi) is 7.64. The van der Waals surface area contributed by atoms with Crippen molar-refractivity contribution in [3.63, 3.8) is 0 Å². The van der Waals surface area contributed by atoms with Crippen molar-refractivity contribution in [1.82, 2.24) is 0 Å². The molecule has 0 N–H and O–H groups in total. The molecule has 0 amide bonds. The quantitative estimate of drug-likeness (QED) is 0.196. The van der Waals surface area contributed by atoms with E-state index in [1.54, 1.807) is 0 Å². The third-order valence-corrected chi connectivity index (χ3v) is 13.9. The summed E-state index contributed by atoms with van der Waals surface area (Å²) in [6.45, 7) is 33.4. The summed E-state index contributed by atoms with van der Waals surface area (Å²) in [5, 5.41) is 6.35. The maximum absolute atomic E-state index is 6.77. The van der Waals surface area contributed by atoms with Crippen LogP contribution in [0.5, 0.6) is 0 Å². The number of hydrogen-bond donors (Lipinski definition) is 0. The summed E-state index contributed by atoms with van der Waals surface area (Å²) in [6, 6.07) is 13.3. The normalized spacial score (nSPS) is 26.5. The molecular weight excluding hydrogens is 652 g/mol. The minimum atomic E-state index is -0.603. The molecule has 52 heavy (non-hydrogen) atoms. The van der Waals surface area contributed by atoms with E-state index in [9.17, 15) is 0 Å². The number of rotatable bonds is 4. The van der Waals surface area contributed by atoms with Crippen LogP contribution < -0.4 is 21.9 Å². The molecule has 4 saturated heterocycles. The Labute approximate surface area is 311 Å². The van der Waals surface area contributed by atoms with Crippen molar-refractivity contribution in [2.45, 2.75) is 156 Å². The minimum absolute atomic E-state index is 0.497. The Balaban J connectivity index is 1.43. The lowest BCUT2D eigenvalue weighted by Gasteiger charge is -2.32. The second-order valence-corrected chi connectivity index (χ2v) is 19.6. The fourth-order valence-corrected chi connectivity index (χ4v) is 7.67. The maximum atomic E-state index is 6.77. The van der Waals surface area contributed by atoms with E-state index >= 15 is 0 Å². The van der Waals surface area contributed by atoms with Gasteiger partial charge in [0.05, 0.1) is 44.8 Å². The first kappa shape index (κ1) is 36.8. The van der Waals surface area contributed by atoms with Crippen molar-refractivity contribution in [2.24, 2.45) is 0 Å². The van der Waals surface area contributed by atoms with Gasteiger partial charge in [-0.15, -0.1) is 0 Å². The Bertz CT molecular complexity index is 1910. The van der Waals surface area contributed by atoms with Crippen molar-refractivity contribution < 1.29 is 37.2 Å². The molecule has 274 valence electrons. The standard InChI is InChI=1S/C40H54B4O8/c1-33(2)34(3,4)46-41(45-33)25-17-23-19-30(44-51-39(13,14)40(15,16)52-44)28-22-26(42-47-35(5,6)36(7,8)48-42)18-24-20-29(27(21-25)31(23)32(24)28)43-49-37(9,10)38(11,12)50-43/h17-22H,1-16H3. The van der Waals surface area contributed by atoms with Crippen LogP contribution in [0.4, 0.5) is 0 Å². The lowest BCUT2D eigenvalue weighted by Crippen LogP contribution is -2.41.